The van der Waals surface area contributed by atoms with Crippen molar-refractivity contribution in [2.45, 2.75) is 23.1 Å². The number of aryl methyl sites for hydroxylation is 1. The Balaban J connectivity index is 1.62. The molecular weight excluding hydrogens is 416 g/mol. The van der Waals surface area contributed by atoms with Crippen molar-refractivity contribution in [3.8, 4) is 10.6 Å². The number of nitrogens with zero attached hydrogens (tertiary/aromatic N) is 1. The van der Waals surface area contributed by atoms with E-state index in [4.69, 9.17) is 0 Å². The van der Waals surface area contributed by atoms with Gasteiger partial charge in [-0.3, -0.25) is 0 Å². The minimum atomic E-state index is -3.71. The molecule has 0 saturated heterocycles. The third-order valence-electron chi connectivity index (χ3n) is 4.09. The zero-order valence-electron chi connectivity index (χ0n) is 15.4. The molecule has 0 fully saturated rings. The van der Waals surface area contributed by atoms with Crippen molar-refractivity contribution >= 4 is 31.2 Å². The number of aromatic nitrogens is 1. The van der Waals surface area contributed by atoms with E-state index < -0.39 is 19.9 Å². The first-order valence-electron chi connectivity index (χ1n) is 8.46. The Bertz CT molecular complexity index is 1160. The molecule has 0 aliphatic carbocycles. The Morgan fingerprint density at radius 2 is 1.54 bits per heavy atom. The fourth-order valence-electron chi connectivity index (χ4n) is 2.51. The molecule has 0 atom stereocenters. The summed E-state index contributed by atoms with van der Waals surface area (Å²) in [6.07, 6.45) is 1.54. The van der Waals surface area contributed by atoms with Crippen LogP contribution in [0.3, 0.4) is 0 Å². The van der Waals surface area contributed by atoms with Gasteiger partial charge < -0.3 is 0 Å². The molecule has 0 amide bonds. The smallest absolute Gasteiger partial charge is 0.240 e. The predicted octanol–water partition coefficient (Wildman–Crippen LogP) is 3.04. The first-order valence-corrected chi connectivity index (χ1v) is 12.7. The van der Waals surface area contributed by atoms with Crippen molar-refractivity contribution in [3.05, 3.63) is 65.2 Å². The summed E-state index contributed by atoms with van der Waals surface area (Å²) < 4.78 is 50.2. The summed E-state index contributed by atoms with van der Waals surface area (Å²) in [6.45, 7) is 2.23. The minimum absolute atomic E-state index is 0.0264. The van der Waals surface area contributed by atoms with E-state index in [0.29, 0.717) is 6.42 Å². The van der Waals surface area contributed by atoms with Crippen molar-refractivity contribution < 1.29 is 16.8 Å². The predicted molar refractivity (Wildman–Crippen MR) is 111 cm³/mol. The lowest BCUT2D eigenvalue weighted by molar-refractivity contribution is 0.580. The summed E-state index contributed by atoms with van der Waals surface area (Å²) in [4.78, 5) is 4.67. The van der Waals surface area contributed by atoms with E-state index in [-0.39, 0.29) is 16.3 Å². The molecule has 0 aliphatic rings. The van der Waals surface area contributed by atoms with Gasteiger partial charge in [0.15, 0.2) is 9.84 Å². The van der Waals surface area contributed by atoms with E-state index in [9.17, 15) is 16.8 Å². The number of sulfonamides is 1. The van der Waals surface area contributed by atoms with Crippen LogP contribution in [0, 0.1) is 6.92 Å². The number of hydrogen-bond donors (Lipinski definition) is 1. The first kappa shape index (κ1) is 20.7. The number of nitrogens with one attached hydrogen (secondary N) is 1. The highest BCUT2D eigenvalue weighted by molar-refractivity contribution is 7.90. The average molecular weight is 437 g/mol. The topological polar surface area (TPSA) is 93.2 Å². The third-order valence-corrected chi connectivity index (χ3v) is 7.63. The molecule has 148 valence electrons. The van der Waals surface area contributed by atoms with Gasteiger partial charge >= 0.3 is 0 Å². The summed E-state index contributed by atoms with van der Waals surface area (Å²) in [5, 5.41) is 2.82. The van der Waals surface area contributed by atoms with Gasteiger partial charge in [-0.25, -0.2) is 26.5 Å². The molecule has 0 unspecified atom stereocenters. The number of rotatable bonds is 7. The highest BCUT2D eigenvalue weighted by atomic mass is 32.2. The summed E-state index contributed by atoms with van der Waals surface area (Å²) >= 11 is 1.52. The van der Waals surface area contributed by atoms with Crippen LogP contribution in [0.25, 0.3) is 10.6 Å². The molecule has 0 radical (unpaired) electrons. The van der Waals surface area contributed by atoms with Crippen molar-refractivity contribution in [1.29, 1.82) is 0 Å². The monoisotopic (exact) mass is 436 g/mol. The number of hydrogen-bond acceptors (Lipinski definition) is 6. The van der Waals surface area contributed by atoms with Crippen LogP contribution in [-0.4, -0.2) is 34.6 Å². The fourth-order valence-corrected chi connectivity index (χ4v) is 5.04. The van der Waals surface area contributed by atoms with Gasteiger partial charge in [0.05, 0.1) is 15.5 Å². The second-order valence-electron chi connectivity index (χ2n) is 6.40. The summed E-state index contributed by atoms with van der Waals surface area (Å²) in [5.74, 6) is 0. The SMILES string of the molecule is Cc1ccc(-c2nc(CCNS(=O)(=O)c3ccc(S(C)(=O)=O)cc3)cs2)cc1. The molecule has 3 aromatic rings. The van der Waals surface area contributed by atoms with Gasteiger partial charge in [-0.1, -0.05) is 29.8 Å². The molecular formula is C19H20N2O4S3. The fraction of sp³-hybridized carbons (Fsp3) is 0.211. The maximum Gasteiger partial charge on any atom is 0.240 e. The summed E-state index contributed by atoms with van der Waals surface area (Å²) in [5.41, 5.74) is 3.03. The van der Waals surface area contributed by atoms with E-state index in [1.54, 1.807) is 0 Å². The Labute approximate surface area is 169 Å². The zero-order chi connectivity index (χ0) is 20.4. The molecule has 1 heterocycles. The van der Waals surface area contributed by atoms with Gasteiger partial charge in [-0.15, -0.1) is 11.3 Å². The van der Waals surface area contributed by atoms with Gasteiger partial charge in [0.2, 0.25) is 10.0 Å². The Morgan fingerprint density at radius 3 is 2.14 bits per heavy atom. The molecule has 28 heavy (non-hydrogen) atoms. The van der Waals surface area contributed by atoms with Gasteiger partial charge in [0, 0.05) is 30.2 Å². The molecule has 0 saturated carbocycles. The lowest BCUT2D eigenvalue weighted by atomic mass is 10.2. The molecule has 0 bridgehead atoms. The van der Waals surface area contributed by atoms with E-state index >= 15 is 0 Å². The van der Waals surface area contributed by atoms with E-state index in [1.807, 2.05) is 36.6 Å². The lowest BCUT2D eigenvalue weighted by Crippen LogP contribution is -2.26. The quantitative estimate of drug-likeness (QED) is 0.614. The summed E-state index contributed by atoms with van der Waals surface area (Å²) in [7, 11) is -7.08. The molecule has 0 spiro atoms. The van der Waals surface area contributed by atoms with Gasteiger partial charge in [-0.05, 0) is 31.2 Å². The number of thiazole rings is 1. The highest BCUT2D eigenvalue weighted by Gasteiger charge is 2.15. The Kier molecular flexibility index (Phi) is 5.99. The molecule has 3 rings (SSSR count). The molecule has 1 aromatic heterocycles. The van der Waals surface area contributed by atoms with Crippen LogP contribution in [0.2, 0.25) is 0 Å². The molecule has 1 N–H and O–H groups in total. The second kappa shape index (κ2) is 8.12. The van der Waals surface area contributed by atoms with Crippen LogP contribution in [0.15, 0.2) is 63.7 Å². The first-order chi connectivity index (χ1) is 13.1. The van der Waals surface area contributed by atoms with Crippen molar-refractivity contribution in [3.63, 3.8) is 0 Å². The Morgan fingerprint density at radius 1 is 0.929 bits per heavy atom. The third kappa shape index (κ3) is 5.05. The minimum Gasteiger partial charge on any atom is -0.241 e. The summed E-state index contributed by atoms with van der Waals surface area (Å²) in [6, 6.07) is 13.2. The standard InChI is InChI=1S/C19H20N2O4S3/c1-14-3-5-15(6-4-14)19-21-16(13-26-19)11-12-20-28(24,25)18-9-7-17(8-10-18)27(2,22)23/h3-10,13,20H,11-12H2,1-2H3. The van der Waals surface area contributed by atoms with Crippen molar-refractivity contribution in [1.82, 2.24) is 9.71 Å². The van der Waals surface area contributed by atoms with E-state index in [0.717, 1.165) is 22.5 Å². The normalized spacial score (nSPS) is 12.2. The largest absolute Gasteiger partial charge is 0.241 e. The van der Waals surface area contributed by atoms with Gasteiger partial charge in [0.25, 0.3) is 0 Å². The van der Waals surface area contributed by atoms with Crippen LogP contribution in [0.5, 0.6) is 0 Å². The maximum absolute atomic E-state index is 12.4. The lowest BCUT2D eigenvalue weighted by Gasteiger charge is -2.06. The second-order valence-corrected chi connectivity index (χ2v) is 11.0. The number of sulfone groups is 1. The van der Waals surface area contributed by atoms with Crippen molar-refractivity contribution in [2.24, 2.45) is 0 Å². The Hall–Kier alpha value is -2.07. The van der Waals surface area contributed by atoms with Gasteiger partial charge in [-0.2, -0.15) is 0 Å². The average Bonchev–Trinajstić information content (AvgIpc) is 3.10. The van der Waals surface area contributed by atoms with Crippen molar-refractivity contribution in [2.75, 3.05) is 12.8 Å². The van der Waals surface area contributed by atoms with Crippen LogP contribution in [0.4, 0.5) is 0 Å². The van der Waals surface area contributed by atoms with Crippen LogP contribution in [-0.2, 0) is 26.3 Å². The molecule has 9 heteroatoms. The molecule has 0 aliphatic heterocycles. The highest BCUT2D eigenvalue weighted by Crippen LogP contribution is 2.24. The van der Waals surface area contributed by atoms with Crippen LogP contribution < -0.4 is 4.72 Å². The number of benzene rings is 2. The zero-order valence-corrected chi connectivity index (χ0v) is 17.9. The molecule has 6 nitrogen and oxygen atoms in total. The van der Waals surface area contributed by atoms with E-state index in [2.05, 4.69) is 9.71 Å². The maximum atomic E-state index is 12.4. The van der Waals surface area contributed by atoms with Crippen LogP contribution in [0.1, 0.15) is 11.3 Å². The van der Waals surface area contributed by atoms with Crippen LogP contribution >= 0.6 is 11.3 Å². The van der Waals surface area contributed by atoms with E-state index in [1.165, 1.54) is 41.2 Å². The molecule has 2 aromatic carbocycles. The van der Waals surface area contributed by atoms with Gasteiger partial charge in [0.1, 0.15) is 5.01 Å².